The maximum absolute atomic E-state index is 12.8. The van der Waals surface area contributed by atoms with Gasteiger partial charge in [-0.05, 0) is 12.8 Å². The molecule has 1 saturated carbocycles. The Hall–Kier alpha value is -0.420. The first-order valence-electron chi connectivity index (χ1n) is 6.51. The molecule has 2 nitrogen and oxygen atoms in total. The molecule has 1 heterocycles. The predicted molar refractivity (Wildman–Crippen MR) is 74.7 cm³/mol. The third-order valence-corrected chi connectivity index (χ3v) is 4.95. The van der Waals surface area contributed by atoms with Gasteiger partial charge in [-0.3, -0.25) is 0 Å². The molecule has 1 fully saturated rings. The SMILES string of the molecule is FC(F)c1nc(CSC2CCCCC2)ncc1CCl. The summed E-state index contributed by atoms with van der Waals surface area (Å²) in [5.74, 6) is 1.11. The van der Waals surface area contributed by atoms with Crippen LogP contribution in [0.15, 0.2) is 6.20 Å². The Morgan fingerprint density at radius 3 is 2.68 bits per heavy atom. The van der Waals surface area contributed by atoms with Crippen LogP contribution in [0.2, 0.25) is 0 Å². The summed E-state index contributed by atoms with van der Waals surface area (Å²) < 4.78 is 25.7. The molecule has 19 heavy (non-hydrogen) atoms. The van der Waals surface area contributed by atoms with Crippen LogP contribution < -0.4 is 0 Å². The zero-order valence-electron chi connectivity index (χ0n) is 10.6. The zero-order chi connectivity index (χ0) is 13.7. The van der Waals surface area contributed by atoms with Gasteiger partial charge in [-0.25, -0.2) is 18.7 Å². The lowest BCUT2D eigenvalue weighted by Crippen LogP contribution is -2.09. The molecule has 0 amide bonds. The van der Waals surface area contributed by atoms with Gasteiger partial charge in [-0.2, -0.15) is 11.8 Å². The van der Waals surface area contributed by atoms with Crippen molar-refractivity contribution >= 4 is 23.4 Å². The average molecular weight is 307 g/mol. The lowest BCUT2D eigenvalue weighted by molar-refractivity contribution is 0.144. The van der Waals surface area contributed by atoms with E-state index in [1.54, 1.807) is 11.8 Å². The number of hydrogen-bond acceptors (Lipinski definition) is 3. The summed E-state index contributed by atoms with van der Waals surface area (Å²) >= 11 is 7.39. The van der Waals surface area contributed by atoms with Gasteiger partial charge in [0.05, 0.1) is 11.6 Å². The molecular formula is C13H17ClF2N2S. The van der Waals surface area contributed by atoms with Crippen molar-refractivity contribution in [3.8, 4) is 0 Å². The minimum Gasteiger partial charge on any atom is -0.240 e. The number of nitrogens with zero attached hydrogens (tertiary/aromatic N) is 2. The van der Waals surface area contributed by atoms with Crippen LogP contribution in [0, 0.1) is 0 Å². The standard InChI is InChI=1S/C13H17ClF2N2S/c14-6-9-7-17-11(18-12(9)13(15)16)8-19-10-4-2-1-3-5-10/h7,10,13H,1-6,8H2. The van der Waals surface area contributed by atoms with Crippen LogP contribution in [0.4, 0.5) is 8.78 Å². The van der Waals surface area contributed by atoms with Gasteiger partial charge in [0.15, 0.2) is 0 Å². The molecule has 0 atom stereocenters. The summed E-state index contributed by atoms with van der Waals surface area (Å²) in [4.78, 5) is 8.09. The fourth-order valence-electron chi connectivity index (χ4n) is 2.24. The first-order chi connectivity index (χ1) is 9.20. The molecule has 0 radical (unpaired) electrons. The molecule has 0 N–H and O–H groups in total. The molecular weight excluding hydrogens is 290 g/mol. The Morgan fingerprint density at radius 2 is 2.05 bits per heavy atom. The maximum atomic E-state index is 12.8. The van der Waals surface area contributed by atoms with Crippen molar-refractivity contribution in [2.45, 2.75) is 55.4 Å². The van der Waals surface area contributed by atoms with E-state index in [4.69, 9.17) is 11.6 Å². The molecule has 1 aliphatic rings. The van der Waals surface area contributed by atoms with E-state index in [0.29, 0.717) is 22.4 Å². The summed E-state index contributed by atoms with van der Waals surface area (Å²) in [5.41, 5.74) is 0.104. The molecule has 106 valence electrons. The van der Waals surface area contributed by atoms with Crippen molar-refractivity contribution in [2.24, 2.45) is 0 Å². The van der Waals surface area contributed by atoms with Gasteiger partial charge in [-0.15, -0.1) is 11.6 Å². The lowest BCUT2D eigenvalue weighted by atomic mass is 10.0. The van der Waals surface area contributed by atoms with E-state index in [-0.39, 0.29) is 11.6 Å². The molecule has 6 heteroatoms. The zero-order valence-corrected chi connectivity index (χ0v) is 12.2. The molecule has 1 aliphatic carbocycles. The van der Waals surface area contributed by atoms with Crippen LogP contribution in [-0.2, 0) is 11.6 Å². The fourth-order valence-corrected chi connectivity index (χ4v) is 3.64. The van der Waals surface area contributed by atoms with Gasteiger partial charge < -0.3 is 0 Å². The Balaban J connectivity index is 1.98. The van der Waals surface area contributed by atoms with Gasteiger partial charge in [0.2, 0.25) is 0 Å². The first kappa shape index (κ1) is 15.0. The largest absolute Gasteiger partial charge is 0.280 e. The average Bonchev–Trinajstić information content (AvgIpc) is 2.46. The number of halogens is 3. The van der Waals surface area contributed by atoms with Crippen LogP contribution in [0.25, 0.3) is 0 Å². The second-order valence-electron chi connectivity index (χ2n) is 4.70. The van der Waals surface area contributed by atoms with Gasteiger partial charge in [-0.1, -0.05) is 19.3 Å². The topological polar surface area (TPSA) is 25.8 Å². The van der Waals surface area contributed by atoms with Crippen molar-refractivity contribution in [1.82, 2.24) is 9.97 Å². The monoisotopic (exact) mass is 306 g/mol. The van der Waals surface area contributed by atoms with Crippen LogP contribution in [0.1, 0.15) is 55.6 Å². The van der Waals surface area contributed by atoms with E-state index in [1.165, 1.54) is 38.3 Å². The number of thioether (sulfide) groups is 1. The first-order valence-corrected chi connectivity index (χ1v) is 8.09. The van der Waals surface area contributed by atoms with Gasteiger partial charge >= 0.3 is 0 Å². The highest BCUT2D eigenvalue weighted by atomic mass is 35.5. The maximum Gasteiger partial charge on any atom is 0.280 e. The molecule has 0 unspecified atom stereocenters. The molecule has 0 aliphatic heterocycles. The number of alkyl halides is 3. The fraction of sp³-hybridized carbons (Fsp3) is 0.692. The smallest absolute Gasteiger partial charge is 0.240 e. The molecule has 1 aromatic heterocycles. The van der Waals surface area contributed by atoms with E-state index in [0.717, 1.165) is 0 Å². The molecule has 2 rings (SSSR count). The van der Waals surface area contributed by atoms with Crippen molar-refractivity contribution in [3.05, 3.63) is 23.3 Å². The number of hydrogen-bond donors (Lipinski definition) is 0. The highest BCUT2D eigenvalue weighted by Gasteiger charge is 2.18. The highest BCUT2D eigenvalue weighted by molar-refractivity contribution is 7.99. The van der Waals surface area contributed by atoms with E-state index in [1.807, 2.05) is 0 Å². The predicted octanol–water partition coefficient (Wildman–Crippen LogP) is 4.72. The molecule has 1 aromatic rings. The number of rotatable bonds is 5. The van der Waals surface area contributed by atoms with Crippen molar-refractivity contribution in [1.29, 1.82) is 0 Å². The van der Waals surface area contributed by atoms with Crippen LogP contribution >= 0.6 is 23.4 Å². The van der Waals surface area contributed by atoms with E-state index in [9.17, 15) is 8.78 Å². The summed E-state index contributed by atoms with van der Waals surface area (Å²) in [7, 11) is 0. The Bertz CT molecular complexity index is 412. The van der Waals surface area contributed by atoms with Crippen LogP contribution in [-0.4, -0.2) is 15.2 Å². The summed E-state index contributed by atoms with van der Waals surface area (Å²) in [6, 6.07) is 0. The third kappa shape index (κ3) is 4.28. The summed E-state index contributed by atoms with van der Waals surface area (Å²) in [6.45, 7) is 0. The quantitative estimate of drug-likeness (QED) is 0.736. The number of aromatic nitrogens is 2. The van der Waals surface area contributed by atoms with Gasteiger partial charge in [0, 0.05) is 17.0 Å². The van der Waals surface area contributed by atoms with Crippen molar-refractivity contribution in [3.63, 3.8) is 0 Å². The van der Waals surface area contributed by atoms with Crippen LogP contribution in [0.5, 0.6) is 0 Å². The second-order valence-corrected chi connectivity index (χ2v) is 6.26. The minimum absolute atomic E-state index is 0.0235. The van der Waals surface area contributed by atoms with E-state index in [2.05, 4.69) is 9.97 Å². The van der Waals surface area contributed by atoms with E-state index < -0.39 is 6.43 Å². The van der Waals surface area contributed by atoms with Gasteiger partial charge in [0.25, 0.3) is 6.43 Å². The van der Waals surface area contributed by atoms with Crippen molar-refractivity contribution < 1.29 is 8.78 Å². The van der Waals surface area contributed by atoms with Gasteiger partial charge in [0.1, 0.15) is 11.5 Å². The Labute approximate surface area is 121 Å². The third-order valence-electron chi connectivity index (χ3n) is 3.30. The normalized spacial score (nSPS) is 17.1. The highest BCUT2D eigenvalue weighted by Crippen LogP contribution is 2.30. The van der Waals surface area contributed by atoms with Crippen molar-refractivity contribution in [2.75, 3.05) is 0 Å². The van der Waals surface area contributed by atoms with Crippen LogP contribution in [0.3, 0.4) is 0 Å². The molecule has 0 bridgehead atoms. The summed E-state index contributed by atoms with van der Waals surface area (Å²) in [5, 5.41) is 0.625. The molecule has 0 saturated heterocycles. The minimum atomic E-state index is -2.59. The lowest BCUT2D eigenvalue weighted by Gasteiger charge is -2.20. The van der Waals surface area contributed by atoms with E-state index >= 15 is 0 Å². The Morgan fingerprint density at radius 1 is 1.32 bits per heavy atom. The summed E-state index contributed by atoms with van der Waals surface area (Å²) in [6.07, 6.45) is 5.12. The Kier molecular flexibility index (Phi) is 5.82. The molecule has 0 aromatic carbocycles. The second kappa shape index (κ2) is 7.39. The molecule has 0 spiro atoms.